The van der Waals surface area contributed by atoms with Crippen LogP contribution in [0.2, 0.25) is 0 Å². The number of nitrogens with zero attached hydrogens (tertiary/aromatic N) is 3. The van der Waals surface area contributed by atoms with Crippen LogP contribution in [0.5, 0.6) is 0 Å². The lowest BCUT2D eigenvalue weighted by Crippen LogP contribution is -2.55. The average Bonchev–Trinajstić information content (AvgIpc) is 3.32. The first-order chi connectivity index (χ1) is 16.8. The summed E-state index contributed by atoms with van der Waals surface area (Å²) in [5, 5.41) is 4.08. The zero-order chi connectivity index (χ0) is 25.1. The Morgan fingerprint density at radius 1 is 1.03 bits per heavy atom. The fourth-order valence-electron chi connectivity index (χ4n) is 5.48. The van der Waals surface area contributed by atoms with Gasteiger partial charge in [-0.1, -0.05) is 22.9 Å². The third-order valence-corrected chi connectivity index (χ3v) is 7.05. The Kier molecular flexibility index (Phi) is 7.57. The highest BCUT2D eigenvalue weighted by Gasteiger charge is 2.38. The van der Waals surface area contributed by atoms with Gasteiger partial charge < -0.3 is 19.1 Å². The second-order valence-electron chi connectivity index (χ2n) is 9.74. The third kappa shape index (κ3) is 5.26. The number of piperidine rings is 2. The van der Waals surface area contributed by atoms with Gasteiger partial charge in [0.05, 0.1) is 12.5 Å². The summed E-state index contributed by atoms with van der Waals surface area (Å²) < 4.78 is 10.8. The molecule has 35 heavy (non-hydrogen) atoms. The normalized spacial score (nSPS) is 20.6. The molecule has 0 spiro atoms. The topological polar surface area (TPSA) is 93.0 Å². The quantitative estimate of drug-likeness (QED) is 0.598. The Morgan fingerprint density at radius 2 is 1.77 bits per heavy atom. The number of benzene rings is 1. The Bertz CT molecular complexity index is 1080. The van der Waals surface area contributed by atoms with Gasteiger partial charge in [0.2, 0.25) is 5.91 Å². The van der Waals surface area contributed by atoms with Crippen LogP contribution in [-0.4, -0.2) is 65.0 Å². The van der Waals surface area contributed by atoms with Gasteiger partial charge in [0.25, 0.3) is 5.91 Å². The van der Waals surface area contributed by atoms with Crippen molar-refractivity contribution in [2.45, 2.75) is 65.8 Å². The molecule has 188 valence electrons. The van der Waals surface area contributed by atoms with Crippen LogP contribution < -0.4 is 0 Å². The maximum Gasteiger partial charge on any atom is 0.310 e. The summed E-state index contributed by atoms with van der Waals surface area (Å²) in [6, 6.07) is 5.28. The van der Waals surface area contributed by atoms with E-state index >= 15 is 0 Å². The van der Waals surface area contributed by atoms with E-state index in [1.54, 1.807) is 22.8 Å². The van der Waals surface area contributed by atoms with E-state index in [9.17, 15) is 14.4 Å². The zero-order valence-electron chi connectivity index (χ0n) is 21.1. The maximum absolute atomic E-state index is 13.5. The van der Waals surface area contributed by atoms with E-state index in [-0.39, 0.29) is 29.4 Å². The maximum atomic E-state index is 13.5. The molecule has 1 aromatic heterocycles. The van der Waals surface area contributed by atoms with Crippen molar-refractivity contribution in [3.05, 3.63) is 40.6 Å². The smallest absolute Gasteiger partial charge is 0.310 e. The highest BCUT2D eigenvalue weighted by molar-refractivity contribution is 5.97. The van der Waals surface area contributed by atoms with Crippen LogP contribution in [0.1, 0.15) is 66.2 Å². The summed E-state index contributed by atoms with van der Waals surface area (Å²) >= 11 is 0. The largest absolute Gasteiger partial charge is 0.466 e. The molecular formula is C27H35N3O5. The van der Waals surface area contributed by atoms with Crippen molar-refractivity contribution in [3.8, 4) is 11.3 Å². The molecule has 0 aliphatic carbocycles. The number of amides is 2. The predicted molar refractivity (Wildman–Crippen MR) is 131 cm³/mol. The average molecular weight is 482 g/mol. The minimum atomic E-state index is -0.555. The van der Waals surface area contributed by atoms with E-state index in [1.165, 1.54) is 0 Å². The highest BCUT2D eigenvalue weighted by Crippen LogP contribution is 2.30. The second-order valence-corrected chi connectivity index (χ2v) is 9.74. The van der Waals surface area contributed by atoms with Gasteiger partial charge in [-0.25, -0.2) is 0 Å². The predicted octanol–water partition coefficient (Wildman–Crippen LogP) is 4.06. The molecule has 0 radical (unpaired) electrons. The first-order valence-corrected chi connectivity index (χ1v) is 12.6. The van der Waals surface area contributed by atoms with Gasteiger partial charge in [-0.05, 0) is 70.9 Å². The van der Waals surface area contributed by atoms with Crippen molar-refractivity contribution in [3.63, 3.8) is 0 Å². The molecule has 2 aliphatic rings. The summed E-state index contributed by atoms with van der Waals surface area (Å²) in [4.78, 5) is 42.6. The lowest BCUT2D eigenvalue weighted by molar-refractivity contribution is -0.152. The molecule has 8 heteroatoms. The summed E-state index contributed by atoms with van der Waals surface area (Å²) in [7, 11) is 0. The summed E-state index contributed by atoms with van der Waals surface area (Å²) in [5.41, 5.74) is 4.43. The molecule has 2 aromatic rings. The molecule has 0 bridgehead atoms. The van der Waals surface area contributed by atoms with E-state index in [0.29, 0.717) is 38.4 Å². The van der Waals surface area contributed by atoms with Crippen LogP contribution in [0, 0.1) is 26.7 Å². The molecule has 2 aliphatic heterocycles. The lowest BCUT2D eigenvalue weighted by Gasteiger charge is -2.39. The first kappa shape index (κ1) is 24.9. The van der Waals surface area contributed by atoms with Crippen LogP contribution in [0.4, 0.5) is 0 Å². The number of ether oxygens (including phenoxy) is 1. The number of hydrogen-bond acceptors (Lipinski definition) is 6. The van der Waals surface area contributed by atoms with Crippen LogP contribution in [0.15, 0.2) is 22.7 Å². The van der Waals surface area contributed by atoms with Gasteiger partial charge in [0.1, 0.15) is 6.04 Å². The van der Waals surface area contributed by atoms with Crippen LogP contribution in [0.3, 0.4) is 0 Å². The Labute approximate surface area is 206 Å². The summed E-state index contributed by atoms with van der Waals surface area (Å²) in [6.07, 6.45) is 3.78. The Balaban J connectivity index is 1.52. The molecule has 2 amide bonds. The summed E-state index contributed by atoms with van der Waals surface area (Å²) in [6.45, 7) is 9.62. The molecule has 8 nitrogen and oxygen atoms in total. The molecule has 2 atom stereocenters. The van der Waals surface area contributed by atoms with Crippen LogP contribution in [-0.2, 0) is 14.3 Å². The number of aryl methyl sites for hydroxylation is 3. The van der Waals surface area contributed by atoms with Crippen molar-refractivity contribution in [1.29, 1.82) is 0 Å². The second kappa shape index (κ2) is 10.6. The van der Waals surface area contributed by atoms with E-state index < -0.39 is 6.04 Å². The van der Waals surface area contributed by atoms with Crippen molar-refractivity contribution in [2.75, 3.05) is 26.2 Å². The highest BCUT2D eigenvalue weighted by atomic mass is 16.5. The van der Waals surface area contributed by atoms with E-state index in [4.69, 9.17) is 9.26 Å². The molecule has 4 rings (SSSR count). The van der Waals surface area contributed by atoms with Gasteiger partial charge in [0.15, 0.2) is 11.5 Å². The summed E-state index contributed by atoms with van der Waals surface area (Å²) in [5.74, 6) is -0.394. The minimum absolute atomic E-state index is 0.0963. The number of carbonyl (C=O) groups excluding carboxylic acids is 3. The number of carbonyl (C=O) groups is 3. The number of rotatable bonds is 5. The minimum Gasteiger partial charge on any atom is -0.466 e. The fourth-order valence-corrected chi connectivity index (χ4v) is 5.48. The van der Waals surface area contributed by atoms with Crippen molar-refractivity contribution in [1.82, 2.24) is 15.0 Å². The van der Waals surface area contributed by atoms with Gasteiger partial charge in [-0.2, -0.15) is 0 Å². The molecular weight excluding hydrogens is 446 g/mol. The van der Waals surface area contributed by atoms with Crippen LogP contribution >= 0.6 is 0 Å². The molecule has 0 N–H and O–H groups in total. The standard InChI is InChI=1S/C27H35N3O5/c1-5-34-27(33)20-9-8-11-29(16-20)26(32)22-10-6-7-12-30(22)25(31)21-15-23(35-28-21)24-18(3)13-17(2)14-19(24)4/h13-15,20,22H,5-12,16H2,1-4H3/t20-,22-/m1/s1. The van der Waals surface area contributed by atoms with E-state index in [2.05, 4.69) is 17.3 Å². The SMILES string of the molecule is CCOC(=O)[C@@H]1CCCN(C(=O)[C@H]2CCCCN2C(=O)c2cc(-c3c(C)cc(C)cc3C)on2)C1. The van der Waals surface area contributed by atoms with Crippen LogP contribution in [0.25, 0.3) is 11.3 Å². The lowest BCUT2D eigenvalue weighted by atomic mass is 9.95. The Hall–Kier alpha value is -3.16. The first-order valence-electron chi connectivity index (χ1n) is 12.6. The van der Waals surface area contributed by atoms with Gasteiger partial charge in [-0.3, -0.25) is 14.4 Å². The molecule has 3 heterocycles. The van der Waals surface area contributed by atoms with Gasteiger partial charge in [0, 0.05) is 31.3 Å². The van der Waals surface area contributed by atoms with Gasteiger partial charge in [-0.15, -0.1) is 0 Å². The Morgan fingerprint density at radius 3 is 2.49 bits per heavy atom. The van der Waals surface area contributed by atoms with E-state index in [1.807, 2.05) is 20.8 Å². The number of aromatic nitrogens is 1. The number of likely N-dealkylation sites (tertiary alicyclic amines) is 2. The van der Waals surface area contributed by atoms with Crippen molar-refractivity contribution in [2.24, 2.45) is 5.92 Å². The number of hydrogen-bond donors (Lipinski definition) is 0. The molecule has 0 unspecified atom stereocenters. The molecule has 2 fully saturated rings. The molecule has 0 saturated carbocycles. The van der Waals surface area contributed by atoms with Crippen molar-refractivity contribution >= 4 is 17.8 Å². The van der Waals surface area contributed by atoms with Gasteiger partial charge >= 0.3 is 5.97 Å². The molecule has 2 saturated heterocycles. The molecule has 1 aromatic carbocycles. The van der Waals surface area contributed by atoms with Crippen molar-refractivity contribution < 1.29 is 23.6 Å². The fraction of sp³-hybridized carbons (Fsp3) is 0.556. The zero-order valence-corrected chi connectivity index (χ0v) is 21.1. The van der Waals surface area contributed by atoms with E-state index in [0.717, 1.165) is 47.9 Å². The monoisotopic (exact) mass is 481 g/mol. The number of esters is 1. The third-order valence-electron chi connectivity index (χ3n) is 7.05.